The predicted molar refractivity (Wildman–Crippen MR) is 80.4 cm³/mol. The lowest BCUT2D eigenvalue weighted by Crippen LogP contribution is -2.45. The number of rotatable bonds is 5. The molecule has 2 N–H and O–H groups in total. The SMILES string of the molecule is Cl.NCCN(C1CCOCC1)S(=O)(=O)c1ccc(F)c(F)c1. The van der Waals surface area contributed by atoms with Gasteiger partial charge < -0.3 is 10.5 Å². The van der Waals surface area contributed by atoms with Gasteiger partial charge in [0.05, 0.1) is 4.90 Å². The van der Waals surface area contributed by atoms with Gasteiger partial charge in [0.1, 0.15) is 0 Å². The van der Waals surface area contributed by atoms with E-state index in [-0.39, 0.29) is 36.4 Å². The van der Waals surface area contributed by atoms with Crippen molar-refractivity contribution in [1.29, 1.82) is 0 Å². The van der Waals surface area contributed by atoms with Crippen molar-refractivity contribution in [2.75, 3.05) is 26.3 Å². The van der Waals surface area contributed by atoms with E-state index < -0.39 is 21.7 Å². The average molecular weight is 357 g/mol. The molecule has 0 aromatic heterocycles. The zero-order chi connectivity index (χ0) is 15.5. The van der Waals surface area contributed by atoms with Gasteiger partial charge in [0.2, 0.25) is 10.0 Å². The maximum Gasteiger partial charge on any atom is 0.243 e. The van der Waals surface area contributed by atoms with E-state index in [0.717, 1.165) is 12.1 Å². The standard InChI is InChI=1S/C13H18F2N2O3S.ClH/c14-12-2-1-11(9-13(12)15)21(18,19)17(6-5-16)10-3-7-20-8-4-10;/h1-2,9-10H,3-8,16H2;1H. The van der Waals surface area contributed by atoms with Crippen molar-refractivity contribution >= 4 is 22.4 Å². The maximum atomic E-state index is 13.3. The van der Waals surface area contributed by atoms with Crippen LogP contribution >= 0.6 is 12.4 Å². The van der Waals surface area contributed by atoms with Gasteiger partial charge in [0, 0.05) is 32.3 Å². The average Bonchev–Trinajstić information content (AvgIpc) is 2.48. The summed E-state index contributed by atoms with van der Waals surface area (Å²) in [5, 5.41) is 0. The lowest BCUT2D eigenvalue weighted by Gasteiger charge is -2.33. The zero-order valence-corrected chi connectivity index (χ0v) is 13.5. The summed E-state index contributed by atoms with van der Waals surface area (Å²) in [4.78, 5) is -0.263. The fraction of sp³-hybridized carbons (Fsp3) is 0.538. The van der Waals surface area contributed by atoms with Crippen molar-refractivity contribution in [2.45, 2.75) is 23.8 Å². The van der Waals surface area contributed by atoms with Crippen LogP contribution in [0.1, 0.15) is 12.8 Å². The molecule has 0 atom stereocenters. The van der Waals surface area contributed by atoms with Crippen molar-refractivity contribution in [3.8, 4) is 0 Å². The van der Waals surface area contributed by atoms with E-state index in [1.54, 1.807) is 0 Å². The second-order valence-electron chi connectivity index (χ2n) is 4.82. The molecule has 126 valence electrons. The van der Waals surface area contributed by atoms with Gasteiger partial charge in [-0.15, -0.1) is 12.4 Å². The Morgan fingerprint density at radius 2 is 1.86 bits per heavy atom. The minimum Gasteiger partial charge on any atom is -0.381 e. The molecule has 0 saturated carbocycles. The quantitative estimate of drug-likeness (QED) is 0.868. The van der Waals surface area contributed by atoms with E-state index in [1.165, 1.54) is 4.31 Å². The lowest BCUT2D eigenvalue weighted by molar-refractivity contribution is 0.0590. The van der Waals surface area contributed by atoms with Crippen molar-refractivity contribution in [2.24, 2.45) is 5.73 Å². The summed E-state index contributed by atoms with van der Waals surface area (Å²) >= 11 is 0. The van der Waals surface area contributed by atoms with E-state index in [1.807, 2.05) is 0 Å². The van der Waals surface area contributed by atoms with Crippen LogP contribution in [0.15, 0.2) is 23.1 Å². The molecule has 1 heterocycles. The highest BCUT2D eigenvalue weighted by Gasteiger charge is 2.32. The topological polar surface area (TPSA) is 72.6 Å². The number of halogens is 3. The van der Waals surface area contributed by atoms with E-state index in [9.17, 15) is 17.2 Å². The lowest BCUT2D eigenvalue weighted by atomic mass is 10.1. The van der Waals surface area contributed by atoms with Gasteiger partial charge in [-0.2, -0.15) is 4.31 Å². The summed E-state index contributed by atoms with van der Waals surface area (Å²) in [5.41, 5.74) is 5.49. The molecule has 0 aliphatic carbocycles. The molecule has 1 aliphatic heterocycles. The van der Waals surface area contributed by atoms with E-state index in [2.05, 4.69) is 0 Å². The molecule has 1 aliphatic rings. The fourth-order valence-corrected chi connectivity index (χ4v) is 4.08. The number of benzene rings is 1. The highest BCUT2D eigenvalue weighted by Crippen LogP contribution is 2.24. The first-order valence-electron chi connectivity index (χ1n) is 6.71. The van der Waals surface area contributed by atoms with Crippen molar-refractivity contribution in [3.05, 3.63) is 29.8 Å². The van der Waals surface area contributed by atoms with Crippen LogP contribution in [-0.2, 0) is 14.8 Å². The van der Waals surface area contributed by atoms with Gasteiger partial charge in [-0.05, 0) is 31.0 Å². The van der Waals surface area contributed by atoms with Crippen molar-refractivity contribution in [1.82, 2.24) is 4.31 Å². The summed E-state index contributed by atoms with van der Waals surface area (Å²) in [6, 6.07) is 2.34. The Balaban J connectivity index is 0.00000242. The number of sulfonamides is 1. The molecule has 1 saturated heterocycles. The number of ether oxygens (including phenoxy) is 1. The third-order valence-corrected chi connectivity index (χ3v) is 5.39. The Bertz CT molecular complexity index is 595. The summed E-state index contributed by atoms with van der Waals surface area (Å²) in [6.07, 6.45) is 1.12. The van der Waals surface area contributed by atoms with E-state index in [0.29, 0.717) is 32.1 Å². The van der Waals surface area contributed by atoms with Crippen LogP contribution in [0, 0.1) is 11.6 Å². The molecular formula is C13H19ClF2N2O3S. The minimum atomic E-state index is -3.91. The van der Waals surface area contributed by atoms with Gasteiger partial charge in [-0.25, -0.2) is 17.2 Å². The highest BCUT2D eigenvalue weighted by atomic mass is 35.5. The molecule has 0 spiro atoms. The van der Waals surface area contributed by atoms with Gasteiger partial charge in [0.15, 0.2) is 11.6 Å². The predicted octanol–water partition coefficient (Wildman–Crippen LogP) is 1.51. The van der Waals surface area contributed by atoms with Gasteiger partial charge in [-0.1, -0.05) is 0 Å². The maximum absolute atomic E-state index is 13.3. The summed E-state index contributed by atoms with van der Waals surface area (Å²) in [6.45, 7) is 1.23. The number of hydrogen-bond acceptors (Lipinski definition) is 4. The van der Waals surface area contributed by atoms with Crippen LogP contribution in [0.5, 0.6) is 0 Å². The summed E-state index contributed by atoms with van der Waals surface area (Å²) in [5.74, 6) is -2.26. The highest BCUT2D eigenvalue weighted by molar-refractivity contribution is 7.89. The third-order valence-electron chi connectivity index (χ3n) is 3.45. The number of nitrogens with zero attached hydrogens (tertiary/aromatic N) is 1. The van der Waals surface area contributed by atoms with Crippen LogP contribution in [-0.4, -0.2) is 45.1 Å². The Hall–Kier alpha value is -0.800. The second-order valence-corrected chi connectivity index (χ2v) is 6.71. The Morgan fingerprint density at radius 1 is 1.23 bits per heavy atom. The monoisotopic (exact) mass is 356 g/mol. The van der Waals surface area contributed by atoms with Crippen molar-refractivity contribution in [3.63, 3.8) is 0 Å². The number of hydrogen-bond donors (Lipinski definition) is 1. The first kappa shape index (κ1) is 19.2. The molecule has 1 aromatic rings. The van der Waals surface area contributed by atoms with Crippen LogP contribution in [0.3, 0.4) is 0 Å². The smallest absolute Gasteiger partial charge is 0.243 e. The molecule has 9 heteroatoms. The molecule has 5 nitrogen and oxygen atoms in total. The Morgan fingerprint density at radius 3 is 2.41 bits per heavy atom. The zero-order valence-electron chi connectivity index (χ0n) is 11.9. The molecule has 1 aromatic carbocycles. The summed E-state index contributed by atoms with van der Waals surface area (Å²) in [7, 11) is -3.91. The molecule has 0 bridgehead atoms. The fourth-order valence-electron chi connectivity index (χ4n) is 2.37. The molecule has 0 radical (unpaired) electrons. The molecule has 0 unspecified atom stereocenters. The van der Waals surface area contributed by atoms with Crippen LogP contribution in [0.4, 0.5) is 8.78 Å². The molecule has 22 heavy (non-hydrogen) atoms. The van der Waals surface area contributed by atoms with E-state index >= 15 is 0 Å². The molecule has 0 amide bonds. The Labute approximate surface area is 134 Å². The van der Waals surface area contributed by atoms with Crippen LogP contribution in [0.25, 0.3) is 0 Å². The van der Waals surface area contributed by atoms with Gasteiger partial charge in [0.25, 0.3) is 0 Å². The van der Waals surface area contributed by atoms with Gasteiger partial charge >= 0.3 is 0 Å². The van der Waals surface area contributed by atoms with Crippen LogP contribution in [0.2, 0.25) is 0 Å². The first-order chi connectivity index (χ1) is 9.96. The van der Waals surface area contributed by atoms with Gasteiger partial charge in [-0.3, -0.25) is 0 Å². The minimum absolute atomic E-state index is 0. The van der Waals surface area contributed by atoms with E-state index in [4.69, 9.17) is 10.5 Å². The number of nitrogens with two attached hydrogens (primary N) is 1. The first-order valence-corrected chi connectivity index (χ1v) is 8.15. The second kappa shape index (κ2) is 8.16. The molecule has 2 rings (SSSR count). The molecular weight excluding hydrogens is 338 g/mol. The largest absolute Gasteiger partial charge is 0.381 e. The van der Waals surface area contributed by atoms with Crippen LogP contribution < -0.4 is 5.73 Å². The summed E-state index contributed by atoms with van der Waals surface area (Å²) < 4.78 is 58.0. The molecule has 1 fully saturated rings. The van der Waals surface area contributed by atoms with Crippen molar-refractivity contribution < 1.29 is 21.9 Å². The normalized spacial score (nSPS) is 16.5. The Kier molecular flexibility index (Phi) is 7.14. The third kappa shape index (κ3) is 4.14.